The third kappa shape index (κ3) is 1.46. The fourth-order valence-corrected chi connectivity index (χ4v) is 2.27. The number of allylic oxidation sites excluding steroid dienone is 2. The van der Waals surface area contributed by atoms with Gasteiger partial charge in [0.15, 0.2) is 5.84 Å². The van der Waals surface area contributed by atoms with Gasteiger partial charge in [0.1, 0.15) is 11.7 Å². The molecule has 0 aromatic carbocycles. The van der Waals surface area contributed by atoms with Crippen LogP contribution in [0.2, 0.25) is 0 Å². The van der Waals surface area contributed by atoms with Crippen molar-refractivity contribution in [1.82, 2.24) is 4.98 Å². The number of hydrogen-bond donors (Lipinski definition) is 0. The molecule has 74 valence electrons. The molecule has 0 N–H and O–H groups in total. The van der Waals surface area contributed by atoms with Crippen LogP contribution in [0.25, 0.3) is 0 Å². The van der Waals surface area contributed by atoms with Gasteiger partial charge in [-0.2, -0.15) is 0 Å². The van der Waals surface area contributed by atoms with Crippen LogP contribution >= 0.6 is 22.9 Å². The normalized spacial score (nSPS) is 23.3. The van der Waals surface area contributed by atoms with E-state index in [0.717, 1.165) is 11.4 Å². The van der Waals surface area contributed by atoms with E-state index in [1.54, 1.807) is 5.51 Å². The first-order valence-corrected chi connectivity index (χ1v) is 5.75. The van der Waals surface area contributed by atoms with Gasteiger partial charge in [-0.05, 0) is 12.2 Å². The van der Waals surface area contributed by atoms with E-state index in [-0.39, 0.29) is 6.04 Å². The molecule has 0 spiro atoms. The molecule has 15 heavy (non-hydrogen) atoms. The number of fused-ring (bicyclic) bond motifs is 1. The van der Waals surface area contributed by atoms with Gasteiger partial charge >= 0.3 is 0 Å². The number of rotatable bonds is 1. The number of thiazole rings is 1. The Kier molecular flexibility index (Phi) is 2.04. The predicted octanol–water partition coefficient (Wildman–Crippen LogP) is 2.41. The molecule has 0 fully saturated rings. The molecule has 2 aliphatic rings. The maximum absolute atomic E-state index is 6.05. The molecule has 0 bridgehead atoms. The third-order valence-corrected chi connectivity index (χ3v) is 3.13. The Morgan fingerprint density at radius 1 is 1.40 bits per heavy atom. The van der Waals surface area contributed by atoms with Gasteiger partial charge in [-0.3, -0.25) is 0 Å². The minimum Gasteiger partial charge on any atom is -0.249 e. The molecule has 3 rings (SSSR count). The van der Waals surface area contributed by atoms with Crippen molar-refractivity contribution in [3.63, 3.8) is 0 Å². The zero-order chi connectivity index (χ0) is 10.3. The van der Waals surface area contributed by atoms with Crippen LogP contribution in [0.15, 0.2) is 44.1 Å². The molecular formula is C10H6ClN3S. The SMILES string of the molecule is ClC1=CC=CC2=NC(c3cscn3)=N[C@H]12. The van der Waals surface area contributed by atoms with Gasteiger partial charge in [0, 0.05) is 10.4 Å². The van der Waals surface area contributed by atoms with Crippen LogP contribution in [0.3, 0.4) is 0 Å². The van der Waals surface area contributed by atoms with E-state index >= 15 is 0 Å². The third-order valence-electron chi connectivity index (χ3n) is 2.21. The zero-order valence-electron chi connectivity index (χ0n) is 7.59. The lowest BCUT2D eigenvalue weighted by Gasteiger charge is -2.08. The van der Waals surface area contributed by atoms with Gasteiger partial charge in [0.25, 0.3) is 0 Å². The molecule has 1 aromatic heterocycles. The summed E-state index contributed by atoms with van der Waals surface area (Å²) in [6, 6.07) is -0.117. The molecule has 5 heteroatoms. The van der Waals surface area contributed by atoms with Gasteiger partial charge < -0.3 is 0 Å². The van der Waals surface area contributed by atoms with Crippen LogP contribution in [0.5, 0.6) is 0 Å². The fraction of sp³-hybridized carbons (Fsp3) is 0.100. The molecule has 0 amide bonds. The summed E-state index contributed by atoms with van der Waals surface area (Å²) in [5.41, 5.74) is 3.48. The van der Waals surface area contributed by atoms with E-state index in [0.29, 0.717) is 10.9 Å². The summed E-state index contributed by atoms with van der Waals surface area (Å²) in [6.45, 7) is 0. The molecule has 0 radical (unpaired) electrons. The number of aromatic nitrogens is 1. The highest BCUT2D eigenvalue weighted by Gasteiger charge is 2.26. The Morgan fingerprint density at radius 3 is 3.07 bits per heavy atom. The average Bonchev–Trinajstić information content (AvgIpc) is 2.86. The van der Waals surface area contributed by atoms with Crippen LogP contribution in [0, 0.1) is 0 Å². The van der Waals surface area contributed by atoms with Crippen molar-refractivity contribution >= 4 is 34.5 Å². The van der Waals surface area contributed by atoms with Crippen molar-refractivity contribution in [3.8, 4) is 0 Å². The maximum Gasteiger partial charge on any atom is 0.175 e. The molecule has 2 heterocycles. The Balaban J connectivity index is 2.03. The summed E-state index contributed by atoms with van der Waals surface area (Å²) in [7, 11) is 0. The molecule has 0 unspecified atom stereocenters. The average molecular weight is 236 g/mol. The second kappa shape index (κ2) is 3.40. The monoisotopic (exact) mass is 235 g/mol. The number of hydrogen-bond acceptors (Lipinski definition) is 4. The summed E-state index contributed by atoms with van der Waals surface area (Å²) in [6.07, 6.45) is 5.66. The Bertz CT molecular complexity index is 511. The highest BCUT2D eigenvalue weighted by atomic mass is 35.5. The second-order valence-corrected chi connectivity index (χ2v) is 4.33. The zero-order valence-corrected chi connectivity index (χ0v) is 9.16. The summed E-state index contributed by atoms with van der Waals surface area (Å²) >= 11 is 7.58. The van der Waals surface area contributed by atoms with E-state index < -0.39 is 0 Å². The highest BCUT2D eigenvalue weighted by molar-refractivity contribution is 7.07. The second-order valence-electron chi connectivity index (χ2n) is 3.18. The lowest BCUT2D eigenvalue weighted by Crippen LogP contribution is -2.15. The quantitative estimate of drug-likeness (QED) is 0.737. The number of aliphatic imine (C=N–C) groups is 2. The smallest absolute Gasteiger partial charge is 0.175 e. The van der Waals surface area contributed by atoms with Gasteiger partial charge in [0.2, 0.25) is 0 Å². The van der Waals surface area contributed by atoms with E-state index in [1.165, 1.54) is 11.3 Å². The molecule has 1 aliphatic carbocycles. The lowest BCUT2D eigenvalue weighted by atomic mass is 10.1. The Hall–Kier alpha value is -1.26. The van der Waals surface area contributed by atoms with Gasteiger partial charge in [-0.1, -0.05) is 17.7 Å². The van der Waals surface area contributed by atoms with Crippen molar-refractivity contribution in [1.29, 1.82) is 0 Å². The first-order chi connectivity index (χ1) is 7.34. The molecule has 1 atom stereocenters. The minimum atomic E-state index is -0.117. The predicted molar refractivity (Wildman–Crippen MR) is 63.0 cm³/mol. The fourth-order valence-electron chi connectivity index (χ4n) is 1.51. The largest absolute Gasteiger partial charge is 0.249 e. The van der Waals surface area contributed by atoms with Crippen LogP contribution < -0.4 is 0 Å². The molecule has 3 nitrogen and oxygen atoms in total. The van der Waals surface area contributed by atoms with Crippen LogP contribution in [-0.2, 0) is 0 Å². The van der Waals surface area contributed by atoms with Crippen molar-refractivity contribution in [2.45, 2.75) is 6.04 Å². The first kappa shape index (κ1) is 9.00. The van der Waals surface area contributed by atoms with E-state index in [9.17, 15) is 0 Å². The van der Waals surface area contributed by atoms with Crippen molar-refractivity contribution in [2.24, 2.45) is 9.98 Å². The van der Waals surface area contributed by atoms with Gasteiger partial charge in [-0.15, -0.1) is 11.3 Å². The summed E-state index contributed by atoms with van der Waals surface area (Å²) in [5, 5.41) is 2.64. The van der Waals surface area contributed by atoms with Gasteiger partial charge in [-0.25, -0.2) is 15.0 Å². The van der Waals surface area contributed by atoms with Crippen LogP contribution in [-0.4, -0.2) is 22.6 Å². The summed E-state index contributed by atoms with van der Waals surface area (Å²) < 4.78 is 0. The molecule has 1 aromatic rings. The lowest BCUT2D eigenvalue weighted by molar-refractivity contribution is 1.08. The summed E-state index contributed by atoms with van der Waals surface area (Å²) in [5.74, 6) is 0.675. The highest BCUT2D eigenvalue weighted by Crippen LogP contribution is 2.24. The Labute approximate surface area is 95.5 Å². The van der Waals surface area contributed by atoms with Crippen molar-refractivity contribution in [2.75, 3.05) is 0 Å². The molecule has 1 aliphatic heterocycles. The van der Waals surface area contributed by atoms with Crippen LogP contribution in [0.4, 0.5) is 0 Å². The molecule has 0 saturated carbocycles. The first-order valence-electron chi connectivity index (χ1n) is 4.43. The van der Waals surface area contributed by atoms with Crippen molar-refractivity contribution in [3.05, 3.63) is 39.8 Å². The molecule has 0 saturated heterocycles. The van der Waals surface area contributed by atoms with Crippen molar-refractivity contribution < 1.29 is 0 Å². The van der Waals surface area contributed by atoms with E-state index in [2.05, 4.69) is 15.0 Å². The molecular weight excluding hydrogens is 230 g/mol. The maximum atomic E-state index is 6.05. The van der Waals surface area contributed by atoms with E-state index in [1.807, 2.05) is 23.6 Å². The summed E-state index contributed by atoms with van der Waals surface area (Å²) in [4.78, 5) is 13.0. The topological polar surface area (TPSA) is 37.6 Å². The number of halogens is 1. The Morgan fingerprint density at radius 2 is 2.33 bits per heavy atom. The van der Waals surface area contributed by atoms with E-state index in [4.69, 9.17) is 11.6 Å². The standard InChI is InChI=1S/C10H6ClN3S/c11-6-2-1-3-7-9(6)14-10(13-7)8-4-15-5-12-8/h1-5,9H/t9-/m1/s1. The minimum absolute atomic E-state index is 0.117. The number of nitrogens with zero attached hydrogens (tertiary/aromatic N) is 3. The number of amidine groups is 1. The van der Waals surface area contributed by atoms with Gasteiger partial charge in [0.05, 0.1) is 11.2 Å². The van der Waals surface area contributed by atoms with Crippen LogP contribution in [0.1, 0.15) is 5.69 Å².